The van der Waals surface area contributed by atoms with Gasteiger partial charge in [0.2, 0.25) is 0 Å². The molecule has 116 valence electrons. The lowest BCUT2D eigenvalue weighted by Crippen LogP contribution is -2.24. The van der Waals surface area contributed by atoms with Crippen molar-refractivity contribution >= 4 is 11.5 Å². The molecule has 0 spiro atoms. The fourth-order valence-corrected chi connectivity index (χ4v) is 2.59. The van der Waals surface area contributed by atoms with Gasteiger partial charge in [-0.25, -0.2) is 4.98 Å². The zero-order valence-electron chi connectivity index (χ0n) is 12.9. The second kappa shape index (κ2) is 6.11. The molecule has 0 saturated heterocycles. The lowest BCUT2D eigenvalue weighted by molar-refractivity contribution is 0.0515. The third kappa shape index (κ3) is 3.03. The molecule has 0 aliphatic carbocycles. The molecule has 3 aromatic rings. The van der Waals surface area contributed by atoms with Crippen molar-refractivity contribution < 1.29 is 5.11 Å². The second-order valence-corrected chi connectivity index (χ2v) is 5.67. The monoisotopic (exact) mass is 306 g/mol. The summed E-state index contributed by atoms with van der Waals surface area (Å²) in [5.41, 5.74) is 1.14. The molecule has 0 saturated carbocycles. The summed E-state index contributed by atoms with van der Waals surface area (Å²) >= 11 is 0. The van der Waals surface area contributed by atoms with Crippen molar-refractivity contribution in [2.75, 3.05) is 11.9 Å². The minimum atomic E-state index is -0.930. The van der Waals surface area contributed by atoms with Gasteiger partial charge >= 0.3 is 0 Å². The molecule has 23 heavy (non-hydrogen) atoms. The van der Waals surface area contributed by atoms with Gasteiger partial charge in [0.05, 0.1) is 5.60 Å². The van der Waals surface area contributed by atoms with Gasteiger partial charge in [0, 0.05) is 12.7 Å². The molecule has 2 N–H and O–H groups in total. The maximum Gasteiger partial charge on any atom is 0.168 e. The molecule has 0 radical (unpaired) electrons. The van der Waals surface area contributed by atoms with Crippen LogP contribution in [-0.2, 0) is 5.60 Å². The first-order valence-electron chi connectivity index (χ1n) is 7.51. The quantitative estimate of drug-likeness (QED) is 0.760. The van der Waals surface area contributed by atoms with Crippen LogP contribution >= 0.6 is 0 Å². The van der Waals surface area contributed by atoms with Crippen LogP contribution in [0.2, 0.25) is 0 Å². The molecule has 2 heterocycles. The molecule has 1 aromatic carbocycles. The van der Waals surface area contributed by atoms with E-state index in [1.807, 2.05) is 54.7 Å². The SMILES string of the molecule is CC(O)(CCNc1nc2ccccn2c1C#N)c1ccccc1. The van der Waals surface area contributed by atoms with E-state index in [1.165, 1.54) is 0 Å². The molecular weight excluding hydrogens is 288 g/mol. The van der Waals surface area contributed by atoms with E-state index in [2.05, 4.69) is 16.4 Å². The number of anilines is 1. The Morgan fingerprint density at radius 1 is 1.22 bits per heavy atom. The van der Waals surface area contributed by atoms with Crippen molar-refractivity contribution in [1.29, 1.82) is 5.26 Å². The number of imidazole rings is 1. The Kier molecular flexibility index (Phi) is 4.00. The van der Waals surface area contributed by atoms with Crippen molar-refractivity contribution in [2.24, 2.45) is 0 Å². The number of aromatic nitrogens is 2. The average Bonchev–Trinajstić information content (AvgIpc) is 2.93. The molecule has 0 bridgehead atoms. The van der Waals surface area contributed by atoms with Gasteiger partial charge in [-0.05, 0) is 31.0 Å². The summed E-state index contributed by atoms with van der Waals surface area (Å²) in [4.78, 5) is 4.42. The zero-order chi connectivity index (χ0) is 16.3. The minimum Gasteiger partial charge on any atom is -0.385 e. The number of nitrogens with one attached hydrogen (secondary N) is 1. The highest BCUT2D eigenvalue weighted by Gasteiger charge is 2.22. The smallest absolute Gasteiger partial charge is 0.168 e. The molecule has 0 amide bonds. The summed E-state index contributed by atoms with van der Waals surface area (Å²) in [5.74, 6) is 0.544. The average molecular weight is 306 g/mol. The summed E-state index contributed by atoms with van der Waals surface area (Å²) < 4.78 is 1.75. The predicted molar refractivity (Wildman–Crippen MR) is 89.0 cm³/mol. The molecule has 0 aliphatic rings. The van der Waals surface area contributed by atoms with E-state index >= 15 is 0 Å². The second-order valence-electron chi connectivity index (χ2n) is 5.67. The number of hydrogen-bond donors (Lipinski definition) is 2. The van der Waals surface area contributed by atoms with Crippen molar-refractivity contribution in [3.63, 3.8) is 0 Å². The molecule has 3 rings (SSSR count). The van der Waals surface area contributed by atoms with Crippen molar-refractivity contribution in [3.8, 4) is 6.07 Å². The molecule has 1 atom stereocenters. The lowest BCUT2D eigenvalue weighted by Gasteiger charge is -2.24. The fraction of sp³-hybridized carbons (Fsp3) is 0.222. The van der Waals surface area contributed by atoms with Gasteiger partial charge in [-0.1, -0.05) is 36.4 Å². The van der Waals surface area contributed by atoms with Crippen molar-refractivity contribution in [2.45, 2.75) is 18.9 Å². The normalized spacial score (nSPS) is 13.4. The van der Waals surface area contributed by atoms with Gasteiger partial charge < -0.3 is 10.4 Å². The van der Waals surface area contributed by atoms with Crippen LogP contribution in [-0.4, -0.2) is 21.0 Å². The first-order valence-corrected chi connectivity index (χ1v) is 7.51. The van der Waals surface area contributed by atoms with Gasteiger partial charge in [-0.3, -0.25) is 4.40 Å². The van der Waals surface area contributed by atoms with Gasteiger partial charge in [-0.15, -0.1) is 0 Å². The number of aliphatic hydroxyl groups is 1. The maximum atomic E-state index is 10.6. The number of pyridine rings is 1. The number of hydrogen-bond acceptors (Lipinski definition) is 4. The topological polar surface area (TPSA) is 73.3 Å². The van der Waals surface area contributed by atoms with Gasteiger partial charge in [0.1, 0.15) is 11.7 Å². The Bertz CT molecular complexity index is 846. The van der Waals surface area contributed by atoms with E-state index < -0.39 is 5.60 Å². The van der Waals surface area contributed by atoms with E-state index in [0.29, 0.717) is 24.5 Å². The van der Waals surface area contributed by atoms with Crippen LogP contribution in [0.25, 0.3) is 5.65 Å². The Hall–Kier alpha value is -2.84. The number of nitriles is 1. The first kappa shape index (κ1) is 15.1. The number of benzene rings is 1. The fourth-order valence-electron chi connectivity index (χ4n) is 2.59. The van der Waals surface area contributed by atoms with Gasteiger partial charge in [0.25, 0.3) is 0 Å². The largest absolute Gasteiger partial charge is 0.385 e. The highest BCUT2D eigenvalue weighted by molar-refractivity contribution is 5.58. The van der Waals surface area contributed by atoms with Crippen LogP contribution in [0.1, 0.15) is 24.6 Å². The number of fused-ring (bicyclic) bond motifs is 1. The molecule has 5 nitrogen and oxygen atoms in total. The van der Waals surface area contributed by atoms with E-state index in [4.69, 9.17) is 0 Å². The van der Waals surface area contributed by atoms with E-state index in [9.17, 15) is 10.4 Å². The summed E-state index contributed by atoms with van der Waals surface area (Å²) in [6.45, 7) is 2.30. The molecule has 1 unspecified atom stereocenters. The van der Waals surface area contributed by atoms with Crippen LogP contribution in [0.5, 0.6) is 0 Å². The standard InChI is InChI=1S/C18H18N4O/c1-18(23,14-7-3-2-4-8-14)10-11-20-17-15(13-19)22-12-6-5-9-16(22)21-17/h2-9,12,20,23H,10-11H2,1H3. The summed E-state index contributed by atoms with van der Waals surface area (Å²) in [6.07, 6.45) is 2.32. The lowest BCUT2D eigenvalue weighted by atomic mass is 9.93. The summed E-state index contributed by atoms with van der Waals surface area (Å²) in [7, 11) is 0. The Balaban J connectivity index is 1.73. The Labute approximate surface area is 134 Å². The van der Waals surface area contributed by atoms with Crippen molar-refractivity contribution in [3.05, 3.63) is 66.0 Å². The number of nitrogens with zero attached hydrogens (tertiary/aromatic N) is 3. The molecular formula is C18H18N4O. The van der Waals surface area contributed by atoms with Crippen LogP contribution < -0.4 is 5.32 Å². The first-order chi connectivity index (χ1) is 11.1. The maximum absolute atomic E-state index is 10.6. The van der Waals surface area contributed by atoms with Crippen molar-refractivity contribution in [1.82, 2.24) is 9.38 Å². The van der Waals surface area contributed by atoms with Crippen LogP contribution in [0.3, 0.4) is 0 Å². The predicted octanol–water partition coefficient (Wildman–Crippen LogP) is 2.92. The Morgan fingerprint density at radius 2 is 1.96 bits per heavy atom. The van der Waals surface area contributed by atoms with Gasteiger partial charge in [-0.2, -0.15) is 5.26 Å². The van der Waals surface area contributed by atoms with Crippen LogP contribution in [0.15, 0.2) is 54.7 Å². The summed E-state index contributed by atoms with van der Waals surface area (Å²) in [5, 5.41) is 23.1. The van der Waals surface area contributed by atoms with Gasteiger partial charge in [0.15, 0.2) is 11.5 Å². The minimum absolute atomic E-state index is 0.472. The molecule has 5 heteroatoms. The van der Waals surface area contributed by atoms with E-state index in [-0.39, 0.29) is 0 Å². The number of rotatable bonds is 5. The zero-order valence-corrected chi connectivity index (χ0v) is 12.9. The van der Waals surface area contributed by atoms with Crippen LogP contribution in [0.4, 0.5) is 5.82 Å². The highest BCUT2D eigenvalue weighted by Crippen LogP contribution is 2.24. The van der Waals surface area contributed by atoms with Crippen LogP contribution in [0, 0.1) is 11.3 Å². The summed E-state index contributed by atoms with van der Waals surface area (Å²) in [6, 6.07) is 17.3. The highest BCUT2D eigenvalue weighted by atomic mass is 16.3. The Morgan fingerprint density at radius 3 is 2.70 bits per heavy atom. The molecule has 0 fully saturated rings. The molecule has 2 aromatic heterocycles. The third-order valence-electron chi connectivity index (χ3n) is 3.94. The van der Waals surface area contributed by atoms with E-state index in [1.54, 1.807) is 11.3 Å². The molecule has 0 aliphatic heterocycles. The third-order valence-corrected chi connectivity index (χ3v) is 3.94. The van der Waals surface area contributed by atoms with E-state index in [0.717, 1.165) is 11.2 Å².